The number of sulfonamides is 1. The number of hydrogen-bond donors (Lipinski definition) is 1. The quantitative estimate of drug-likeness (QED) is 0.732. The van der Waals surface area contributed by atoms with E-state index in [0.29, 0.717) is 37.5 Å². The normalized spacial score (nSPS) is 19.6. The highest BCUT2D eigenvalue weighted by atomic mass is 35.5. The molecule has 1 aromatic heterocycles. The summed E-state index contributed by atoms with van der Waals surface area (Å²) in [5.74, 6) is 0.407. The van der Waals surface area contributed by atoms with E-state index >= 15 is 0 Å². The first-order chi connectivity index (χ1) is 14.4. The van der Waals surface area contributed by atoms with Gasteiger partial charge in [-0.25, -0.2) is 0 Å². The molecule has 168 valence electrons. The first kappa shape index (κ1) is 23.3. The molecule has 1 N–H and O–H groups in total. The smallest absolute Gasteiger partial charge is 0.286 e. The average Bonchev–Trinajstić information content (AvgIpc) is 3.11. The lowest BCUT2D eigenvalue weighted by Crippen LogP contribution is -2.44. The van der Waals surface area contributed by atoms with Gasteiger partial charge in [-0.15, -0.1) is 16.8 Å². The second-order valence-electron chi connectivity index (χ2n) is 7.85. The molecular formula is C21H28ClN5O3S. The number of aromatic nitrogens is 2. The zero-order chi connectivity index (χ0) is 21.3. The first-order valence-electron chi connectivity index (χ1n) is 10.4. The van der Waals surface area contributed by atoms with Crippen molar-refractivity contribution < 1.29 is 13.2 Å². The van der Waals surface area contributed by atoms with Crippen molar-refractivity contribution in [2.45, 2.75) is 51.0 Å². The van der Waals surface area contributed by atoms with Gasteiger partial charge in [0.15, 0.2) is 0 Å². The van der Waals surface area contributed by atoms with Crippen LogP contribution in [-0.4, -0.2) is 47.9 Å². The standard InChI is InChI=1S/C21H27N5O3S.ClH/c1-3-26-14-16(15(2)23-26)10-11-20(27)25-12-6-7-17(13-25)21-22-18-8-4-5-9-19(18)30(28,29)24-21;/h4-5,8-9,14,17H,3,6-7,10-13H2,1-2H3,(H,22,24);1H. The van der Waals surface area contributed by atoms with Gasteiger partial charge in [-0.2, -0.15) is 13.5 Å². The maximum atomic E-state index is 12.8. The molecule has 31 heavy (non-hydrogen) atoms. The third-order valence-electron chi connectivity index (χ3n) is 5.79. The Morgan fingerprint density at radius 3 is 2.81 bits per heavy atom. The van der Waals surface area contributed by atoms with E-state index in [1.54, 1.807) is 24.3 Å². The van der Waals surface area contributed by atoms with Gasteiger partial charge in [0.05, 0.1) is 11.4 Å². The number of amides is 1. The van der Waals surface area contributed by atoms with Crippen LogP contribution in [0.5, 0.6) is 0 Å². The number of halogens is 1. The van der Waals surface area contributed by atoms with E-state index in [4.69, 9.17) is 0 Å². The third-order valence-corrected chi connectivity index (χ3v) is 7.14. The fraction of sp³-hybridized carbons (Fsp3) is 0.476. The number of anilines is 1. The van der Waals surface area contributed by atoms with Crippen LogP contribution in [0.15, 0.2) is 39.8 Å². The molecule has 2 aliphatic rings. The number of carbonyl (C=O) groups is 1. The summed E-state index contributed by atoms with van der Waals surface area (Å²) < 4.78 is 31.0. The maximum absolute atomic E-state index is 12.8. The molecule has 0 aliphatic carbocycles. The van der Waals surface area contributed by atoms with Gasteiger partial charge in [0.25, 0.3) is 10.0 Å². The van der Waals surface area contributed by atoms with E-state index in [9.17, 15) is 13.2 Å². The van der Waals surface area contributed by atoms with Crippen LogP contribution in [0.1, 0.15) is 37.4 Å². The Morgan fingerprint density at radius 1 is 1.29 bits per heavy atom. The summed E-state index contributed by atoms with van der Waals surface area (Å²) in [7, 11) is -3.72. The number of benzene rings is 1. The van der Waals surface area contributed by atoms with Gasteiger partial charge in [0.1, 0.15) is 10.7 Å². The summed E-state index contributed by atoms with van der Waals surface area (Å²) in [5, 5.41) is 7.61. The van der Waals surface area contributed by atoms with E-state index in [2.05, 4.69) is 14.8 Å². The Hall–Kier alpha value is -2.39. The van der Waals surface area contributed by atoms with Gasteiger partial charge in [0, 0.05) is 38.2 Å². The molecule has 0 radical (unpaired) electrons. The van der Waals surface area contributed by atoms with Crippen molar-refractivity contribution in [2.24, 2.45) is 10.3 Å². The lowest BCUT2D eigenvalue weighted by atomic mass is 9.96. The number of likely N-dealkylation sites (tertiary alicyclic amines) is 1. The van der Waals surface area contributed by atoms with E-state index in [0.717, 1.165) is 30.6 Å². The molecule has 1 amide bonds. The van der Waals surface area contributed by atoms with E-state index < -0.39 is 10.0 Å². The van der Waals surface area contributed by atoms with Crippen molar-refractivity contribution in [1.29, 1.82) is 0 Å². The molecule has 8 nitrogen and oxygen atoms in total. The molecule has 0 spiro atoms. The van der Waals surface area contributed by atoms with Crippen molar-refractivity contribution in [3.05, 3.63) is 41.7 Å². The highest BCUT2D eigenvalue weighted by Gasteiger charge is 2.32. The van der Waals surface area contributed by atoms with Crippen molar-refractivity contribution >= 4 is 39.9 Å². The number of nitrogens with one attached hydrogen (secondary N) is 1. The van der Waals surface area contributed by atoms with Gasteiger partial charge in [-0.05, 0) is 50.8 Å². The fourth-order valence-corrected chi connectivity index (χ4v) is 5.30. The molecule has 1 unspecified atom stereocenters. The summed E-state index contributed by atoms with van der Waals surface area (Å²) in [6.45, 7) is 5.99. The molecule has 1 atom stereocenters. The number of rotatable bonds is 5. The largest absolute Gasteiger partial charge is 0.342 e. The van der Waals surface area contributed by atoms with Gasteiger partial charge in [-0.1, -0.05) is 12.1 Å². The zero-order valence-corrected chi connectivity index (χ0v) is 19.4. The van der Waals surface area contributed by atoms with Crippen LogP contribution >= 0.6 is 12.4 Å². The lowest BCUT2D eigenvalue weighted by Gasteiger charge is -2.34. The zero-order valence-electron chi connectivity index (χ0n) is 17.7. The Balaban J connectivity index is 0.00000272. The topological polar surface area (TPSA) is 96.7 Å². The Labute approximate surface area is 189 Å². The van der Waals surface area contributed by atoms with Crippen LogP contribution in [0.25, 0.3) is 0 Å². The summed E-state index contributed by atoms with van der Waals surface area (Å²) in [5.41, 5.74) is 2.61. The average molecular weight is 466 g/mol. The van der Waals surface area contributed by atoms with Crippen molar-refractivity contribution in [1.82, 2.24) is 14.7 Å². The van der Waals surface area contributed by atoms with Crippen molar-refractivity contribution in [2.75, 3.05) is 18.4 Å². The van der Waals surface area contributed by atoms with Gasteiger partial charge in [-0.3, -0.25) is 9.48 Å². The number of carbonyl (C=O) groups excluding carboxylic acids is 1. The van der Waals surface area contributed by atoms with Crippen LogP contribution in [0.3, 0.4) is 0 Å². The molecule has 1 aromatic carbocycles. The summed E-state index contributed by atoms with van der Waals surface area (Å²) >= 11 is 0. The highest BCUT2D eigenvalue weighted by Crippen LogP contribution is 2.30. The minimum Gasteiger partial charge on any atom is -0.342 e. The van der Waals surface area contributed by atoms with Crippen molar-refractivity contribution in [3.8, 4) is 0 Å². The number of amidine groups is 1. The molecule has 0 saturated carbocycles. The number of para-hydroxylation sites is 1. The molecule has 10 heteroatoms. The van der Waals surface area contributed by atoms with Crippen LogP contribution in [0, 0.1) is 12.8 Å². The molecule has 1 saturated heterocycles. The predicted molar refractivity (Wildman–Crippen MR) is 122 cm³/mol. The SMILES string of the molecule is CCn1cc(CCC(=O)N2CCCC(C3=NS(=O)(=O)c4ccccc4N3)C2)c(C)n1.Cl. The number of aryl methyl sites for hydroxylation is 3. The first-order valence-corrected chi connectivity index (χ1v) is 11.8. The fourth-order valence-electron chi connectivity index (χ4n) is 4.10. The molecule has 0 bridgehead atoms. The number of hydrogen-bond acceptors (Lipinski definition) is 5. The van der Waals surface area contributed by atoms with Crippen LogP contribution < -0.4 is 5.32 Å². The molecule has 3 heterocycles. The van der Waals surface area contributed by atoms with Crippen molar-refractivity contribution in [3.63, 3.8) is 0 Å². The van der Waals surface area contributed by atoms with E-state index in [-0.39, 0.29) is 29.1 Å². The maximum Gasteiger partial charge on any atom is 0.286 e. The van der Waals surface area contributed by atoms with Gasteiger partial charge < -0.3 is 10.2 Å². The molecular weight excluding hydrogens is 438 g/mol. The van der Waals surface area contributed by atoms with Crippen LogP contribution in [0.4, 0.5) is 5.69 Å². The summed E-state index contributed by atoms with van der Waals surface area (Å²) in [6, 6.07) is 6.78. The second-order valence-corrected chi connectivity index (χ2v) is 9.42. The third kappa shape index (κ3) is 4.93. The van der Waals surface area contributed by atoms with Crippen LogP contribution in [0.2, 0.25) is 0 Å². The van der Waals surface area contributed by atoms with E-state index in [1.807, 2.05) is 29.6 Å². The summed E-state index contributed by atoms with van der Waals surface area (Å²) in [6.07, 6.45) is 4.71. The highest BCUT2D eigenvalue weighted by molar-refractivity contribution is 7.90. The number of nitrogens with zero attached hydrogens (tertiary/aromatic N) is 4. The Bertz CT molecular complexity index is 1100. The van der Waals surface area contributed by atoms with Crippen LogP contribution in [-0.2, 0) is 27.8 Å². The number of piperidine rings is 1. The van der Waals surface area contributed by atoms with Gasteiger partial charge in [0.2, 0.25) is 5.91 Å². The minimum atomic E-state index is -3.72. The molecule has 4 rings (SSSR count). The number of fused-ring (bicyclic) bond motifs is 1. The second kappa shape index (κ2) is 9.40. The Kier molecular flexibility index (Phi) is 7.06. The van der Waals surface area contributed by atoms with E-state index in [1.165, 1.54) is 0 Å². The monoisotopic (exact) mass is 465 g/mol. The lowest BCUT2D eigenvalue weighted by molar-refractivity contribution is -0.132. The molecule has 1 fully saturated rings. The summed E-state index contributed by atoms with van der Waals surface area (Å²) in [4.78, 5) is 14.9. The Morgan fingerprint density at radius 2 is 2.06 bits per heavy atom. The molecule has 2 aliphatic heterocycles. The molecule has 2 aromatic rings. The predicted octanol–water partition coefficient (Wildman–Crippen LogP) is 3.02. The van der Waals surface area contributed by atoms with Gasteiger partial charge >= 0.3 is 0 Å². The minimum absolute atomic E-state index is 0.